The van der Waals surface area contributed by atoms with Crippen molar-refractivity contribution in [2.75, 3.05) is 26.3 Å². The summed E-state index contributed by atoms with van der Waals surface area (Å²) in [6.45, 7) is 4.71. The number of halogens is 1. The Bertz CT molecular complexity index is 944. The number of aryl methyl sites for hydroxylation is 1. The van der Waals surface area contributed by atoms with E-state index in [1.54, 1.807) is 18.3 Å². The fraction of sp³-hybridized carbons (Fsp3) is 0.300. The Hall–Kier alpha value is -2.73. The maximum atomic E-state index is 13.2. The highest BCUT2D eigenvalue weighted by Gasteiger charge is 2.19. The number of carbonyl (C=O) groups excluding carboxylic acids is 1. The molecule has 0 saturated carbocycles. The third-order valence-corrected chi connectivity index (χ3v) is 4.79. The summed E-state index contributed by atoms with van der Waals surface area (Å²) in [5.41, 5.74) is 4.54. The second-order valence-corrected chi connectivity index (χ2v) is 6.50. The molecule has 0 aliphatic carbocycles. The third kappa shape index (κ3) is 3.20. The minimum Gasteiger partial charge on any atom is -0.378 e. The lowest BCUT2D eigenvalue weighted by Gasteiger charge is -2.27. The first-order valence-electron chi connectivity index (χ1n) is 8.69. The lowest BCUT2D eigenvalue weighted by atomic mass is 10.1. The lowest BCUT2D eigenvalue weighted by Crippen LogP contribution is -2.42. The monoisotopic (exact) mass is 353 g/mol. The fourth-order valence-corrected chi connectivity index (χ4v) is 3.31. The summed E-state index contributed by atoms with van der Waals surface area (Å²) < 4.78 is 20.5. The molecule has 1 aliphatic heterocycles. The number of nitrogens with zero attached hydrogens (tertiary/aromatic N) is 3. The standard InChI is InChI=1S/C20H20FN3O2/c1-14-10-18-19(24(14)13-20(25)23-6-8-26-9-7-23)11-16(12-22-18)15-2-4-17(21)5-3-15/h2-5,10-12H,6-9,13H2,1H3. The van der Waals surface area contributed by atoms with Crippen LogP contribution in [0.3, 0.4) is 0 Å². The van der Waals surface area contributed by atoms with Gasteiger partial charge in [-0.15, -0.1) is 0 Å². The number of hydrogen-bond acceptors (Lipinski definition) is 3. The van der Waals surface area contributed by atoms with Crippen LogP contribution in [0, 0.1) is 12.7 Å². The van der Waals surface area contributed by atoms with E-state index in [2.05, 4.69) is 4.98 Å². The molecule has 3 aromatic rings. The van der Waals surface area contributed by atoms with Crippen LogP contribution in [-0.2, 0) is 16.1 Å². The molecule has 1 amide bonds. The van der Waals surface area contributed by atoms with Gasteiger partial charge in [0, 0.05) is 30.5 Å². The summed E-state index contributed by atoms with van der Waals surface area (Å²) in [5, 5.41) is 0. The summed E-state index contributed by atoms with van der Waals surface area (Å²) in [7, 11) is 0. The number of morpholine rings is 1. The van der Waals surface area contributed by atoms with Crippen molar-refractivity contribution in [2.24, 2.45) is 0 Å². The van der Waals surface area contributed by atoms with E-state index in [1.807, 2.05) is 28.5 Å². The number of hydrogen-bond donors (Lipinski definition) is 0. The number of fused-ring (bicyclic) bond motifs is 1. The zero-order valence-corrected chi connectivity index (χ0v) is 14.6. The van der Waals surface area contributed by atoms with Gasteiger partial charge in [0.1, 0.15) is 12.4 Å². The van der Waals surface area contributed by atoms with E-state index in [4.69, 9.17) is 4.74 Å². The Balaban J connectivity index is 1.67. The molecule has 26 heavy (non-hydrogen) atoms. The smallest absolute Gasteiger partial charge is 0.242 e. The van der Waals surface area contributed by atoms with Crippen LogP contribution in [0.15, 0.2) is 42.6 Å². The van der Waals surface area contributed by atoms with Crippen molar-refractivity contribution in [1.29, 1.82) is 0 Å². The molecule has 0 radical (unpaired) electrons. The third-order valence-electron chi connectivity index (χ3n) is 4.79. The molecule has 6 heteroatoms. The lowest BCUT2D eigenvalue weighted by molar-refractivity contribution is -0.135. The van der Waals surface area contributed by atoms with Crippen molar-refractivity contribution in [1.82, 2.24) is 14.5 Å². The van der Waals surface area contributed by atoms with Gasteiger partial charge in [-0.05, 0) is 36.8 Å². The minimum atomic E-state index is -0.266. The molecule has 4 rings (SSSR count). The van der Waals surface area contributed by atoms with E-state index in [1.165, 1.54) is 12.1 Å². The van der Waals surface area contributed by atoms with Crippen molar-refractivity contribution < 1.29 is 13.9 Å². The molecule has 134 valence electrons. The molecule has 1 aliphatic rings. The van der Waals surface area contributed by atoms with Gasteiger partial charge in [-0.1, -0.05) is 12.1 Å². The Kier molecular flexibility index (Phi) is 4.42. The fourth-order valence-electron chi connectivity index (χ4n) is 3.31. The molecule has 0 bridgehead atoms. The summed E-state index contributed by atoms with van der Waals surface area (Å²) in [6.07, 6.45) is 1.78. The maximum absolute atomic E-state index is 13.2. The number of benzene rings is 1. The largest absolute Gasteiger partial charge is 0.378 e. The van der Waals surface area contributed by atoms with E-state index in [0.717, 1.165) is 27.9 Å². The highest BCUT2D eigenvalue weighted by Crippen LogP contribution is 2.25. The Morgan fingerprint density at radius 3 is 2.62 bits per heavy atom. The molecular formula is C20H20FN3O2. The van der Waals surface area contributed by atoms with Gasteiger partial charge in [0.05, 0.1) is 24.2 Å². The van der Waals surface area contributed by atoms with Crippen LogP contribution in [0.2, 0.25) is 0 Å². The molecule has 5 nitrogen and oxygen atoms in total. The van der Waals surface area contributed by atoms with Crippen LogP contribution in [-0.4, -0.2) is 46.7 Å². The molecule has 1 aromatic carbocycles. The molecule has 0 atom stereocenters. The average molecular weight is 353 g/mol. The summed E-state index contributed by atoms with van der Waals surface area (Å²) in [4.78, 5) is 19.0. The number of aromatic nitrogens is 2. The van der Waals surface area contributed by atoms with Gasteiger partial charge >= 0.3 is 0 Å². The van der Waals surface area contributed by atoms with Crippen molar-refractivity contribution in [3.05, 3.63) is 54.1 Å². The van der Waals surface area contributed by atoms with Crippen molar-refractivity contribution in [2.45, 2.75) is 13.5 Å². The molecule has 3 heterocycles. The Morgan fingerprint density at radius 1 is 1.15 bits per heavy atom. The Morgan fingerprint density at radius 2 is 1.88 bits per heavy atom. The van der Waals surface area contributed by atoms with E-state index in [0.29, 0.717) is 26.3 Å². The number of carbonyl (C=O) groups is 1. The predicted octanol–water partition coefficient (Wildman–Crippen LogP) is 3.01. The maximum Gasteiger partial charge on any atom is 0.242 e. The SMILES string of the molecule is Cc1cc2ncc(-c3ccc(F)cc3)cc2n1CC(=O)N1CCOCC1. The van der Waals surface area contributed by atoms with Crippen LogP contribution in [0.5, 0.6) is 0 Å². The van der Waals surface area contributed by atoms with Crippen LogP contribution in [0.25, 0.3) is 22.2 Å². The Labute approximate surface area is 151 Å². The summed E-state index contributed by atoms with van der Waals surface area (Å²) >= 11 is 0. The van der Waals surface area contributed by atoms with E-state index in [-0.39, 0.29) is 18.3 Å². The second kappa shape index (κ2) is 6.88. The van der Waals surface area contributed by atoms with Gasteiger partial charge in [-0.3, -0.25) is 9.78 Å². The van der Waals surface area contributed by atoms with Crippen LogP contribution in [0.1, 0.15) is 5.69 Å². The van der Waals surface area contributed by atoms with Gasteiger partial charge < -0.3 is 14.2 Å². The number of rotatable bonds is 3. The van der Waals surface area contributed by atoms with Crippen molar-refractivity contribution in [3.63, 3.8) is 0 Å². The van der Waals surface area contributed by atoms with Gasteiger partial charge in [0.25, 0.3) is 0 Å². The van der Waals surface area contributed by atoms with E-state index >= 15 is 0 Å². The zero-order chi connectivity index (χ0) is 18.1. The molecule has 2 aromatic heterocycles. The second-order valence-electron chi connectivity index (χ2n) is 6.50. The average Bonchev–Trinajstić information content (AvgIpc) is 2.98. The molecule has 0 N–H and O–H groups in total. The number of amides is 1. The summed E-state index contributed by atoms with van der Waals surface area (Å²) in [5.74, 6) is -0.181. The molecule has 1 saturated heterocycles. The first-order valence-corrected chi connectivity index (χ1v) is 8.69. The predicted molar refractivity (Wildman–Crippen MR) is 97.3 cm³/mol. The molecule has 0 spiro atoms. The normalized spacial score (nSPS) is 14.8. The number of ether oxygens (including phenoxy) is 1. The molecule has 1 fully saturated rings. The van der Waals surface area contributed by atoms with Gasteiger partial charge in [-0.2, -0.15) is 0 Å². The van der Waals surface area contributed by atoms with Crippen LogP contribution in [0.4, 0.5) is 4.39 Å². The molecule has 0 unspecified atom stereocenters. The topological polar surface area (TPSA) is 47.4 Å². The van der Waals surface area contributed by atoms with Crippen molar-refractivity contribution in [3.8, 4) is 11.1 Å². The highest BCUT2D eigenvalue weighted by atomic mass is 19.1. The zero-order valence-electron chi connectivity index (χ0n) is 14.6. The highest BCUT2D eigenvalue weighted by molar-refractivity contribution is 5.85. The first kappa shape index (κ1) is 16.7. The van der Waals surface area contributed by atoms with Gasteiger partial charge in [-0.25, -0.2) is 4.39 Å². The minimum absolute atomic E-state index is 0.0843. The quantitative estimate of drug-likeness (QED) is 0.727. The van der Waals surface area contributed by atoms with Gasteiger partial charge in [0.15, 0.2) is 0 Å². The number of pyridine rings is 1. The van der Waals surface area contributed by atoms with E-state index < -0.39 is 0 Å². The van der Waals surface area contributed by atoms with Crippen molar-refractivity contribution >= 4 is 16.9 Å². The summed E-state index contributed by atoms with van der Waals surface area (Å²) in [6, 6.07) is 10.3. The molecular weight excluding hydrogens is 333 g/mol. The van der Waals surface area contributed by atoms with Crippen LogP contribution >= 0.6 is 0 Å². The van der Waals surface area contributed by atoms with Gasteiger partial charge in [0.2, 0.25) is 5.91 Å². The van der Waals surface area contributed by atoms with Crippen LogP contribution < -0.4 is 0 Å². The van der Waals surface area contributed by atoms with E-state index in [9.17, 15) is 9.18 Å². The first-order chi connectivity index (χ1) is 12.6.